The second-order valence-electron chi connectivity index (χ2n) is 5.80. The topological polar surface area (TPSA) is 96.7 Å². The van der Waals surface area contributed by atoms with Crippen LogP contribution in [0.3, 0.4) is 0 Å². The predicted octanol–water partition coefficient (Wildman–Crippen LogP) is 1.51. The Kier molecular flexibility index (Phi) is 3.88. The number of nitrogens with zero attached hydrogens (tertiary/aromatic N) is 2. The summed E-state index contributed by atoms with van der Waals surface area (Å²) in [5.41, 5.74) is 7.95. The molecule has 0 spiro atoms. The van der Waals surface area contributed by atoms with Crippen LogP contribution in [0.4, 0.5) is 0 Å². The van der Waals surface area contributed by atoms with Crippen LogP contribution in [0.15, 0.2) is 12.3 Å². The third-order valence-electron chi connectivity index (χ3n) is 4.39. The summed E-state index contributed by atoms with van der Waals surface area (Å²) < 4.78 is 0. The highest BCUT2D eigenvalue weighted by atomic mass is 16.1. The number of fused-ring (bicyclic) bond motifs is 1. The molecular weight excluding hydrogens is 266 g/mol. The Morgan fingerprint density at radius 2 is 2.29 bits per heavy atom. The highest BCUT2D eigenvalue weighted by Crippen LogP contribution is 2.24. The van der Waals surface area contributed by atoms with E-state index < -0.39 is 0 Å². The van der Waals surface area contributed by atoms with Crippen LogP contribution in [0.2, 0.25) is 0 Å². The first-order chi connectivity index (χ1) is 10.2. The van der Waals surface area contributed by atoms with Gasteiger partial charge in [-0.15, -0.1) is 0 Å². The molecule has 0 aliphatic heterocycles. The summed E-state index contributed by atoms with van der Waals surface area (Å²) in [7, 11) is 0. The first-order valence-corrected chi connectivity index (χ1v) is 7.50. The molecule has 2 unspecified atom stereocenters. The molecule has 1 aliphatic rings. The number of carbonyl (C=O) groups is 1. The normalized spacial score (nSPS) is 22.4. The summed E-state index contributed by atoms with van der Waals surface area (Å²) >= 11 is 0. The number of amides is 1. The quantitative estimate of drug-likeness (QED) is 0.797. The average molecular weight is 287 g/mol. The minimum absolute atomic E-state index is 0.0738. The van der Waals surface area contributed by atoms with Crippen molar-refractivity contribution < 1.29 is 4.79 Å². The summed E-state index contributed by atoms with van der Waals surface area (Å²) in [6.07, 6.45) is 6.04. The molecule has 1 saturated carbocycles. The smallest absolute Gasteiger partial charge is 0.253 e. The van der Waals surface area contributed by atoms with Crippen molar-refractivity contribution in [2.24, 2.45) is 11.7 Å². The van der Waals surface area contributed by atoms with Gasteiger partial charge in [0, 0.05) is 23.3 Å². The number of aromatic amines is 1. The molecule has 6 heteroatoms. The monoisotopic (exact) mass is 287 g/mol. The van der Waals surface area contributed by atoms with Crippen molar-refractivity contribution in [2.45, 2.75) is 38.6 Å². The first-order valence-electron chi connectivity index (χ1n) is 7.50. The van der Waals surface area contributed by atoms with Gasteiger partial charge in [-0.05, 0) is 38.3 Å². The third kappa shape index (κ3) is 2.76. The summed E-state index contributed by atoms with van der Waals surface area (Å²) in [6.45, 7) is 2.55. The molecule has 4 N–H and O–H groups in total. The van der Waals surface area contributed by atoms with Crippen molar-refractivity contribution in [3.05, 3.63) is 23.5 Å². The molecule has 2 aromatic heterocycles. The van der Waals surface area contributed by atoms with E-state index in [0.717, 1.165) is 30.3 Å². The molecule has 21 heavy (non-hydrogen) atoms. The molecule has 1 aliphatic carbocycles. The van der Waals surface area contributed by atoms with Gasteiger partial charge >= 0.3 is 0 Å². The van der Waals surface area contributed by atoms with E-state index >= 15 is 0 Å². The van der Waals surface area contributed by atoms with Crippen LogP contribution in [0.1, 0.15) is 41.7 Å². The predicted molar refractivity (Wildman–Crippen MR) is 80.9 cm³/mol. The third-order valence-corrected chi connectivity index (χ3v) is 4.39. The van der Waals surface area contributed by atoms with Crippen LogP contribution in [-0.4, -0.2) is 33.7 Å². The van der Waals surface area contributed by atoms with Crippen LogP contribution in [0, 0.1) is 12.8 Å². The molecule has 1 amide bonds. The minimum Gasteiger partial charge on any atom is -0.349 e. The fraction of sp³-hybridized carbons (Fsp3) is 0.533. The van der Waals surface area contributed by atoms with Gasteiger partial charge in [0.1, 0.15) is 0 Å². The number of aromatic nitrogens is 3. The van der Waals surface area contributed by atoms with Crippen molar-refractivity contribution in [1.29, 1.82) is 0 Å². The van der Waals surface area contributed by atoms with E-state index in [0.29, 0.717) is 23.7 Å². The van der Waals surface area contributed by atoms with Crippen LogP contribution in [-0.2, 0) is 0 Å². The van der Waals surface area contributed by atoms with E-state index in [1.165, 1.54) is 6.42 Å². The summed E-state index contributed by atoms with van der Waals surface area (Å²) in [6, 6.07) is 2.02. The molecule has 112 valence electrons. The van der Waals surface area contributed by atoms with E-state index in [1.807, 2.05) is 13.0 Å². The Labute approximate surface area is 123 Å². The summed E-state index contributed by atoms with van der Waals surface area (Å²) in [5, 5.41) is 11.0. The largest absolute Gasteiger partial charge is 0.349 e. The van der Waals surface area contributed by atoms with Gasteiger partial charge in [-0.2, -0.15) is 5.10 Å². The Hall–Kier alpha value is -1.95. The van der Waals surface area contributed by atoms with Crippen molar-refractivity contribution in [3.63, 3.8) is 0 Å². The lowest BCUT2D eigenvalue weighted by Gasteiger charge is -2.31. The second-order valence-corrected chi connectivity index (χ2v) is 5.80. The standard InChI is InChI=1S/C15H21N5O/c1-9-12-6-11(8-17-14(12)20-19-9)15(21)18-13-5-3-2-4-10(13)7-16/h6,8,10,13H,2-5,7,16H2,1H3,(H,18,21)(H,17,19,20). The van der Waals surface area contributed by atoms with Crippen LogP contribution in [0.5, 0.6) is 0 Å². The fourth-order valence-electron chi connectivity index (χ4n) is 3.08. The molecule has 3 rings (SSSR count). The molecule has 6 nitrogen and oxygen atoms in total. The van der Waals surface area contributed by atoms with Crippen molar-refractivity contribution in [2.75, 3.05) is 6.54 Å². The lowest BCUT2D eigenvalue weighted by Crippen LogP contribution is -2.44. The number of nitrogens with one attached hydrogen (secondary N) is 2. The molecule has 2 atom stereocenters. The first kappa shape index (κ1) is 14.0. The van der Waals surface area contributed by atoms with Crippen LogP contribution < -0.4 is 11.1 Å². The molecular formula is C15H21N5O. The van der Waals surface area contributed by atoms with Gasteiger partial charge in [0.15, 0.2) is 5.65 Å². The average Bonchev–Trinajstić information content (AvgIpc) is 2.88. The number of hydrogen-bond acceptors (Lipinski definition) is 4. The number of H-pyrrole nitrogens is 1. The summed E-state index contributed by atoms with van der Waals surface area (Å²) in [5.74, 6) is 0.311. The number of rotatable bonds is 3. The summed E-state index contributed by atoms with van der Waals surface area (Å²) in [4.78, 5) is 16.7. The van der Waals surface area contributed by atoms with Gasteiger partial charge in [-0.1, -0.05) is 12.8 Å². The van der Waals surface area contributed by atoms with Gasteiger partial charge in [0.05, 0.1) is 5.56 Å². The van der Waals surface area contributed by atoms with Crippen molar-refractivity contribution in [3.8, 4) is 0 Å². The fourth-order valence-corrected chi connectivity index (χ4v) is 3.08. The van der Waals surface area contributed by atoms with Crippen molar-refractivity contribution >= 4 is 16.9 Å². The van der Waals surface area contributed by atoms with Crippen LogP contribution >= 0.6 is 0 Å². The molecule has 0 bridgehead atoms. The lowest BCUT2D eigenvalue weighted by molar-refractivity contribution is 0.0908. The van der Waals surface area contributed by atoms with Gasteiger partial charge in [0.2, 0.25) is 0 Å². The minimum atomic E-state index is -0.0738. The molecule has 2 aromatic rings. The van der Waals surface area contributed by atoms with E-state index in [-0.39, 0.29) is 11.9 Å². The van der Waals surface area contributed by atoms with E-state index in [9.17, 15) is 4.79 Å². The van der Waals surface area contributed by atoms with Crippen LogP contribution in [0.25, 0.3) is 11.0 Å². The number of aryl methyl sites for hydroxylation is 1. The Morgan fingerprint density at radius 1 is 1.48 bits per heavy atom. The number of hydrogen-bond donors (Lipinski definition) is 3. The second kappa shape index (κ2) is 5.81. The molecule has 0 radical (unpaired) electrons. The van der Waals surface area contributed by atoms with E-state index in [4.69, 9.17) is 5.73 Å². The Bertz CT molecular complexity index is 651. The van der Waals surface area contributed by atoms with Crippen molar-refractivity contribution in [1.82, 2.24) is 20.5 Å². The van der Waals surface area contributed by atoms with Gasteiger partial charge in [-0.3, -0.25) is 9.89 Å². The molecule has 1 fully saturated rings. The Balaban J connectivity index is 1.78. The van der Waals surface area contributed by atoms with Gasteiger partial charge in [0.25, 0.3) is 5.91 Å². The lowest BCUT2D eigenvalue weighted by atomic mass is 9.84. The van der Waals surface area contributed by atoms with Gasteiger partial charge < -0.3 is 11.1 Å². The zero-order valence-corrected chi connectivity index (χ0v) is 12.2. The number of carbonyl (C=O) groups excluding carboxylic acids is 1. The van der Waals surface area contributed by atoms with Gasteiger partial charge in [-0.25, -0.2) is 4.98 Å². The maximum Gasteiger partial charge on any atom is 0.253 e. The highest BCUT2D eigenvalue weighted by molar-refractivity contribution is 5.97. The van der Waals surface area contributed by atoms with E-state index in [2.05, 4.69) is 20.5 Å². The molecule has 2 heterocycles. The molecule has 0 aromatic carbocycles. The molecule has 0 saturated heterocycles. The maximum atomic E-state index is 12.4. The maximum absolute atomic E-state index is 12.4. The SMILES string of the molecule is Cc1[nH]nc2ncc(C(=O)NC3CCCCC3CN)cc12. The number of pyridine rings is 1. The zero-order chi connectivity index (χ0) is 14.8. The number of nitrogens with two attached hydrogens (primary N) is 1. The Morgan fingerprint density at radius 3 is 3.10 bits per heavy atom. The highest BCUT2D eigenvalue weighted by Gasteiger charge is 2.25. The van der Waals surface area contributed by atoms with E-state index in [1.54, 1.807) is 6.20 Å². The zero-order valence-electron chi connectivity index (χ0n) is 12.2.